The highest BCUT2D eigenvalue weighted by Gasteiger charge is 2.24. The summed E-state index contributed by atoms with van der Waals surface area (Å²) in [6, 6.07) is 10.2. The average molecular weight is 371 g/mol. The molecule has 0 aliphatic carbocycles. The van der Waals surface area contributed by atoms with E-state index < -0.39 is 0 Å². The molecule has 0 N–H and O–H groups in total. The molecule has 1 fully saturated rings. The monoisotopic (exact) mass is 370 g/mol. The maximum absolute atomic E-state index is 12.7. The van der Waals surface area contributed by atoms with E-state index in [-0.39, 0.29) is 5.91 Å². The molecular formula is C18H18N4OS2. The number of thiazole rings is 2. The Kier molecular flexibility index (Phi) is 4.76. The van der Waals surface area contributed by atoms with Crippen LogP contribution >= 0.6 is 22.7 Å². The Bertz CT molecular complexity index is 824. The number of benzene rings is 1. The zero-order valence-corrected chi connectivity index (χ0v) is 15.3. The van der Waals surface area contributed by atoms with Crippen LogP contribution in [0, 0.1) is 0 Å². The van der Waals surface area contributed by atoms with Gasteiger partial charge in [0.2, 0.25) is 0 Å². The highest BCUT2D eigenvalue weighted by Crippen LogP contribution is 2.20. The molecule has 1 amide bonds. The first-order valence-electron chi connectivity index (χ1n) is 8.21. The van der Waals surface area contributed by atoms with Crippen LogP contribution in [0.25, 0.3) is 0 Å². The van der Waals surface area contributed by atoms with Crippen LogP contribution in [-0.2, 0) is 6.42 Å². The van der Waals surface area contributed by atoms with Gasteiger partial charge in [-0.1, -0.05) is 30.3 Å². The Morgan fingerprint density at radius 1 is 1.08 bits per heavy atom. The van der Waals surface area contributed by atoms with Gasteiger partial charge in [-0.2, -0.15) is 0 Å². The summed E-state index contributed by atoms with van der Waals surface area (Å²) in [7, 11) is 0. The van der Waals surface area contributed by atoms with Crippen LogP contribution in [0.15, 0.2) is 47.3 Å². The third-order valence-electron chi connectivity index (χ3n) is 4.23. The Morgan fingerprint density at radius 2 is 1.88 bits per heavy atom. The van der Waals surface area contributed by atoms with Crippen LogP contribution < -0.4 is 4.90 Å². The maximum Gasteiger partial charge on any atom is 0.273 e. The number of carbonyl (C=O) groups excluding carboxylic acids is 1. The third kappa shape index (κ3) is 3.72. The first kappa shape index (κ1) is 16.2. The van der Waals surface area contributed by atoms with Crippen molar-refractivity contribution in [3.63, 3.8) is 0 Å². The number of aromatic nitrogens is 2. The lowest BCUT2D eigenvalue weighted by Crippen LogP contribution is -2.48. The number of amides is 1. The molecule has 0 spiro atoms. The van der Waals surface area contributed by atoms with Crippen LogP contribution in [0.3, 0.4) is 0 Å². The fourth-order valence-corrected chi connectivity index (χ4v) is 4.39. The number of hydrogen-bond acceptors (Lipinski definition) is 6. The molecule has 3 heterocycles. The molecule has 0 bridgehead atoms. The summed E-state index contributed by atoms with van der Waals surface area (Å²) in [5, 5.41) is 5.88. The van der Waals surface area contributed by atoms with Gasteiger partial charge < -0.3 is 9.80 Å². The van der Waals surface area contributed by atoms with Crippen molar-refractivity contribution in [3.05, 3.63) is 63.6 Å². The van der Waals surface area contributed by atoms with Crippen molar-refractivity contribution in [3.8, 4) is 0 Å². The highest BCUT2D eigenvalue weighted by atomic mass is 32.1. The lowest BCUT2D eigenvalue weighted by atomic mass is 10.2. The standard InChI is InChI=1S/C18H18N4OS2/c23-17(21-7-9-22(10-8-21)18-19-6-11-24-18)15-13-25-16(20-15)12-14-4-2-1-3-5-14/h1-6,11,13H,7-10,12H2. The Morgan fingerprint density at radius 3 is 2.60 bits per heavy atom. The van der Waals surface area contributed by atoms with Gasteiger partial charge in [-0.05, 0) is 5.56 Å². The zero-order valence-electron chi connectivity index (χ0n) is 13.7. The van der Waals surface area contributed by atoms with Gasteiger partial charge in [0.25, 0.3) is 5.91 Å². The molecule has 4 rings (SSSR count). The Hall–Kier alpha value is -2.25. The lowest BCUT2D eigenvalue weighted by Gasteiger charge is -2.34. The molecule has 2 aromatic heterocycles. The van der Waals surface area contributed by atoms with E-state index in [4.69, 9.17) is 0 Å². The van der Waals surface area contributed by atoms with E-state index in [0.29, 0.717) is 18.8 Å². The second kappa shape index (κ2) is 7.33. The minimum absolute atomic E-state index is 0.0364. The van der Waals surface area contributed by atoms with Crippen molar-refractivity contribution in [2.75, 3.05) is 31.1 Å². The summed E-state index contributed by atoms with van der Waals surface area (Å²) < 4.78 is 0. The molecule has 1 aliphatic rings. The van der Waals surface area contributed by atoms with E-state index in [1.807, 2.05) is 40.1 Å². The molecule has 1 aromatic carbocycles. The SMILES string of the molecule is O=C(c1csc(Cc2ccccc2)n1)N1CCN(c2nccs2)CC1. The molecule has 1 aliphatic heterocycles. The third-order valence-corrected chi connectivity index (χ3v) is 5.91. The second-order valence-corrected chi connectivity index (χ2v) is 7.70. The summed E-state index contributed by atoms with van der Waals surface area (Å²) in [6.45, 7) is 3.06. The Balaban J connectivity index is 1.37. The predicted molar refractivity (Wildman–Crippen MR) is 102 cm³/mol. The van der Waals surface area contributed by atoms with Gasteiger partial charge in [0, 0.05) is 49.6 Å². The lowest BCUT2D eigenvalue weighted by molar-refractivity contribution is 0.0741. The van der Waals surface area contributed by atoms with Crippen molar-refractivity contribution in [1.82, 2.24) is 14.9 Å². The van der Waals surface area contributed by atoms with E-state index in [0.717, 1.165) is 29.6 Å². The molecule has 25 heavy (non-hydrogen) atoms. The summed E-state index contributed by atoms with van der Waals surface area (Å²) in [5.41, 5.74) is 1.78. The smallest absolute Gasteiger partial charge is 0.273 e. The molecule has 0 unspecified atom stereocenters. The summed E-state index contributed by atoms with van der Waals surface area (Å²) >= 11 is 3.20. The van der Waals surface area contributed by atoms with Crippen LogP contribution in [0.4, 0.5) is 5.13 Å². The molecule has 1 saturated heterocycles. The Labute approximate surface area is 154 Å². The maximum atomic E-state index is 12.7. The van der Waals surface area contributed by atoms with Gasteiger partial charge in [-0.15, -0.1) is 22.7 Å². The minimum atomic E-state index is 0.0364. The molecule has 128 valence electrons. The van der Waals surface area contributed by atoms with Crippen molar-refractivity contribution in [1.29, 1.82) is 0 Å². The van der Waals surface area contributed by atoms with Gasteiger partial charge in [-0.3, -0.25) is 4.79 Å². The first-order valence-corrected chi connectivity index (χ1v) is 9.97. The molecule has 0 radical (unpaired) electrons. The second-order valence-electron chi connectivity index (χ2n) is 5.88. The quantitative estimate of drug-likeness (QED) is 0.708. The molecule has 7 heteroatoms. The summed E-state index contributed by atoms with van der Waals surface area (Å²) in [4.78, 5) is 25.7. The van der Waals surface area contributed by atoms with E-state index in [1.165, 1.54) is 5.56 Å². The molecule has 5 nitrogen and oxygen atoms in total. The fourth-order valence-electron chi connectivity index (χ4n) is 2.90. The normalized spacial score (nSPS) is 14.7. The van der Waals surface area contributed by atoms with Crippen LogP contribution in [0.2, 0.25) is 0 Å². The minimum Gasteiger partial charge on any atom is -0.345 e. The number of carbonyl (C=O) groups is 1. The van der Waals surface area contributed by atoms with Gasteiger partial charge >= 0.3 is 0 Å². The topological polar surface area (TPSA) is 49.3 Å². The number of anilines is 1. The van der Waals surface area contributed by atoms with Crippen molar-refractivity contribution in [2.24, 2.45) is 0 Å². The van der Waals surface area contributed by atoms with E-state index in [1.54, 1.807) is 22.7 Å². The number of nitrogens with zero attached hydrogens (tertiary/aromatic N) is 4. The first-order chi connectivity index (χ1) is 12.3. The van der Waals surface area contributed by atoms with E-state index >= 15 is 0 Å². The predicted octanol–water partition coefficient (Wildman–Crippen LogP) is 3.15. The summed E-state index contributed by atoms with van der Waals surface area (Å²) in [6.07, 6.45) is 2.59. The van der Waals surface area contributed by atoms with Crippen LogP contribution in [0.5, 0.6) is 0 Å². The van der Waals surface area contributed by atoms with Gasteiger partial charge in [0.1, 0.15) is 5.69 Å². The van der Waals surface area contributed by atoms with Crippen LogP contribution in [0.1, 0.15) is 21.1 Å². The molecular weight excluding hydrogens is 352 g/mol. The molecule has 3 aromatic rings. The summed E-state index contributed by atoms with van der Waals surface area (Å²) in [5.74, 6) is 0.0364. The van der Waals surface area contributed by atoms with Crippen molar-refractivity contribution in [2.45, 2.75) is 6.42 Å². The van der Waals surface area contributed by atoms with Crippen molar-refractivity contribution < 1.29 is 4.79 Å². The van der Waals surface area contributed by atoms with Gasteiger partial charge in [-0.25, -0.2) is 9.97 Å². The number of rotatable bonds is 4. The van der Waals surface area contributed by atoms with Crippen LogP contribution in [-0.4, -0.2) is 47.0 Å². The number of piperazine rings is 1. The van der Waals surface area contributed by atoms with Gasteiger partial charge in [0.05, 0.1) is 5.01 Å². The van der Waals surface area contributed by atoms with Gasteiger partial charge in [0.15, 0.2) is 5.13 Å². The van der Waals surface area contributed by atoms with Crippen molar-refractivity contribution >= 4 is 33.7 Å². The largest absolute Gasteiger partial charge is 0.345 e. The fraction of sp³-hybridized carbons (Fsp3) is 0.278. The average Bonchev–Trinajstić information content (AvgIpc) is 3.34. The van der Waals surface area contributed by atoms with E-state index in [2.05, 4.69) is 27.0 Å². The number of hydrogen-bond donors (Lipinski definition) is 0. The molecule has 0 saturated carbocycles. The molecule has 0 atom stereocenters. The van der Waals surface area contributed by atoms with E-state index in [9.17, 15) is 4.79 Å². The highest BCUT2D eigenvalue weighted by molar-refractivity contribution is 7.13. The zero-order chi connectivity index (χ0) is 17.1.